The van der Waals surface area contributed by atoms with Crippen LogP contribution in [0.2, 0.25) is 0 Å². The summed E-state index contributed by atoms with van der Waals surface area (Å²) in [5.74, 6) is 0. The quantitative estimate of drug-likeness (QED) is 0.563. The highest BCUT2D eigenvalue weighted by Gasteiger charge is 2.05. The Bertz CT molecular complexity index is 323. The molecule has 3 nitrogen and oxygen atoms in total. The van der Waals surface area contributed by atoms with E-state index in [9.17, 15) is 0 Å². The zero-order chi connectivity index (χ0) is 11.8. The summed E-state index contributed by atoms with van der Waals surface area (Å²) in [6.45, 7) is 8.69. The molecule has 1 rings (SSSR count). The van der Waals surface area contributed by atoms with Gasteiger partial charge in [-0.1, -0.05) is 13.0 Å². The van der Waals surface area contributed by atoms with Gasteiger partial charge in [0.05, 0.1) is 0 Å². The van der Waals surface area contributed by atoms with Gasteiger partial charge in [-0.3, -0.25) is 4.98 Å². The zero-order valence-corrected chi connectivity index (χ0v) is 10.2. The van der Waals surface area contributed by atoms with Gasteiger partial charge < -0.3 is 10.2 Å². The average Bonchev–Trinajstić information content (AvgIpc) is 2.30. The van der Waals surface area contributed by atoms with E-state index in [2.05, 4.69) is 35.8 Å². The Balaban J connectivity index is 2.70. The maximum absolute atomic E-state index is 4.17. The largest absolute Gasteiger partial charge is 0.371 e. The summed E-state index contributed by atoms with van der Waals surface area (Å²) in [5.41, 5.74) is 2.46. The second-order valence-electron chi connectivity index (χ2n) is 3.85. The summed E-state index contributed by atoms with van der Waals surface area (Å²) >= 11 is 0. The number of rotatable bonds is 7. The zero-order valence-electron chi connectivity index (χ0n) is 10.2. The summed E-state index contributed by atoms with van der Waals surface area (Å²) in [5, 5.41) is 3.40. The first-order valence-electron chi connectivity index (χ1n) is 5.75. The van der Waals surface area contributed by atoms with Gasteiger partial charge in [0.1, 0.15) is 0 Å². The minimum absolute atomic E-state index is 0.852. The Labute approximate surface area is 98.2 Å². The SMILES string of the molecule is C=CCN(C)c1ccncc1CNCCC. The van der Waals surface area contributed by atoms with Crippen molar-refractivity contribution >= 4 is 5.69 Å². The van der Waals surface area contributed by atoms with Crippen LogP contribution in [0.3, 0.4) is 0 Å². The number of nitrogens with zero attached hydrogens (tertiary/aromatic N) is 2. The van der Waals surface area contributed by atoms with Gasteiger partial charge in [0.15, 0.2) is 0 Å². The standard InChI is InChI=1S/C13H21N3/c1-4-7-14-10-12-11-15-8-6-13(12)16(3)9-5-2/h5-6,8,11,14H,2,4,7,9-10H2,1,3H3. The number of hydrogen-bond donors (Lipinski definition) is 1. The molecule has 0 unspecified atom stereocenters. The molecule has 0 spiro atoms. The molecule has 88 valence electrons. The highest BCUT2D eigenvalue weighted by Crippen LogP contribution is 2.17. The maximum atomic E-state index is 4.17. The molecular formula is C13H21N3. The van der Waals surface area contributed by atoms with Gasteiger partial charge in [-0.05, 0) is 19.0 Å². The van der Waals surface area contributed by atoms with Crippen LogP contribution < -0.4 is 10.2 Å². The number of pyridine rings is 1. The number of likely N-dealkylation sites (N-methyl/N-ethyl adjacent to an activating group) is 1. The summed E-state index contributed by atoms with van der Waals surface area (Å²) in [7, 11) is 2.07. The first-order chi connectivity index (χ1) is 7.79. The Hall–Kier alpha value is -1.35. The molecule has 0 radical (unpaired) electrons. The number of aromatic nitrogens is 1. The summed E-state index contributed by atoms with van der Waals surface area (Å²) < 4.78 is 0. The van der Waals surface area contributed by atoms with E-state index >= 15 is 0 Å². The van der Waals surface area contributed by atoms with Crippen LogP contribution in [0.1, 0.15) is 18.9 Å². The van der Waals surface area contributed by atoms with Crippen LogP contribution in [-0.2, 0) is 6.54 Å². The predicted octanol–water partition coefficient (Wildman–Crippen LogP) is 2.20. The Morgan fingerprint density at radius 2 is 2.38 bits per heavy atom. The van der Waals surface area contributed by atoms with Crippen molar-refractivity contribution in [2.45, 2.75) is 19.9 Å². The molecule has 0 saturated heterocycles. The van der Waals surface area contributed by atoms with Gasteiger partial charge in [0.2, 0.25) is 0 Å². The highest BCUT2D eigenvalue weighted by molar-refractivity contribution is 5.51. The molecule has 3 heteroatoms. The highest BCUT2D eigenvalue weighted by atomic mass is 15.1. The van der Waals surface area contributed by atoms with E-state index < -0.39 is 0 Å². The maximum Gasteiger partial charge on any atom is 0.0443 e. The molecule has 1 aromatic rings. The third kappa shape index (κ3) is 3.66. The van der Waals surface area contributed by atoms with Crippen LogP contribution in [0.5, 0.6) is 0 Å². The van der Waals surface area contributed by atoms with Crippen molar-refractivity contribution in [3.8, 4) is 0 Å². The number of hydrogen-bond acceptors (Lipinski definition) is 3. The van der Waals surface area contributed by atoms with E-state index in [1.54, 1.807) is 0 Å². The number of anilines is 1. The Morgan fingerprint density at radius 3 is 3.06 bits per heavy atom. The second-order valence-corrected chi connectivity index (χ2v) is 3.85. The van der Waals surface area contributed by atoms with E-state index in [0.29, 0.717) is 0 Å². The fourth-order valence-electron chi connectivity index (χ4n) is 1.62. The van der Waals surface area contributed by atoms with E-state index in [0.717, 1.165) is 26.1 Å². The van der Waals surface area contributed by atoms with Crippen LogP contribution in [0.25, 0.3) is 0 Å². The monoisotopic (exact) mass is 219 g/mol. The molecule has 0 aliphatic heterocycles. The molecule has 1 heterocycles. The van der Waals surface area contributed by atoms with Gasteiger partial charge in [-0.2, -0.15) is 0 Å². The fraction of sp³-hybridized carbons (Fsp3) is 0.462. The molecular weight excluding hydrogens is 198 g/mol. The molecule has 0 atom stereocenters. The molecule has 0 bridgehead atoms. The van der Waals surface area contributed by atoms with Crippen molar-refractivity contribution in [2.75, 3.05) is 25.0 Å². The van der Waals surface area contributed by atoms with Crippen molar-refractivity contribution in [3.63, 3.8) is 0 Å². The van der Waals surface area contributed by atoms with Crippen molar-refractivity contribution in [2.24, 2.45) is 0 Å². The lowest BCUT2D eigenvalue weighted by molar-refractivity contribution is 0.673. The fourth-order valence-corrected chi connectivity index (χ4v) is 1.62. The molecule has 0 aliphatic rings. The van der Waals surface area contributed by atoms with Gasteiger partial charge in [-0.25, -0.2) is 0 Å². The lowest BCUT2D eigenvalue weighted by Crippen LogP contribution is -2.21. The topological polar surface area (TPSA) is 28.2 Å². The lowest BCUT2D eigenvalue weighted by atomic mass is 10.2. The van der Waals surface area contributed by atoms with Gasteiger partial charge in [0.25, 0.3) is 0 Å². The Kier molecular flexibility index (Phi) is 5.57. The molecule has 0 aromatic carbocycles. The van der Waals surface area contributed by atoms with E-state index in [-0.39, 0.29) is 0 Å². The molecule has 1 aromatic heterocycles. The molecule has 0 fully saturated rings. The third-order valence-corrected chi connectivity index (χ3v) is 2.43. The second kappa shape index (κ2) is 7.01. The van der Waals surface area contributed by atoms with Crippen molar-refractivity contribution in [1.82, 2.24) is 10.3 Å². The van der Waals surface area contributed by atoms with Gasteiger partial charge in [0, 0.05) is 43.8 Å². The van der Waals surface area contributed by atoms with Crippen molar-refractivity contribution in [3.05, 3.63) is 36.7 Å². The Morgan fingerprint density at radius 1 is 1.56 bits per heavy atom. The number of nitrogens with one attached hydrogen (secondary N) is 1. The van der Waals surface area contributed by atoms with E-state index in [1.807, 2.05) is 24.5 Å². The first kappa shape index (κ1) is 12.7. The lowest BCUT2D eigenvalue weighted by Gasteiger charge is -2.20. The normalized spacial score (nSPS) is 10.1. The smallest absolute Gasteiger partial charge is 0.0443 e. The molecule has 0 amide bonds. The molecule has 16 heavy (non-hydrogen) atoms. The van der Waals surface area contributed by atoms with Crippen LogP contribution in [0.4, 0.5) is 5.69 Å². The van der Waals surface area contributed by atoms with E-state index in [1.165, 1.54) is 11.3 Å². The minimum atomic E-state index is 0.852. The molecule has 1 N–H and O–H groups in total. The van der Waals surface area contributed by atoms with E-state index in [4.69, 9.17) is 0 Å². The van der Waals surface area contributed by atoms with Crippen molar-refractivity contribution < 1.29 is 0 Å². The first-order valence-corrected chi connectivity index (χ1v) is 5.75. The summed E-state index contributed by atoms with van der Waals surface area (Å²) in [4.78, 5) is 6.35. The third-order valence-electron chi connectivity index (χ3n) is 2.43. The summed E-state index contributed by atoms with van der Waals surface area (Å²) in [6, 6.07) is 2.05. The van der Waals surface area contributed by atoms with Crippen LogP contribution in [0.15, 0.2) is 31.1 Å². The van der Waals surface area contributed by atoms with Crippen molar-refractivity contribution in [1.29, 1.82) is 0 Å². The summed E-state index contributed by atoms with van der Waals surface area (Å²) in [6.07, 6.45) is 6.82. The minimum Gasteiger partial charge on any atom is -0.371 e. The van der Waals surface area contributed by atoms with Gasteiger partial charge in [-0.15, -0.1) is 6.58 Å². The average molecular weight is 219 g/mol. The van der Waals surface area contributed by atoms with Crippen LogP contribution in [0, 0.1) is 0 Å². The van der Waals surface area contributed by atoms with Gasteiger partial charge >= 0.3 is 0 Å². The molecule has 0 saturated carbocycles. The molecule has 0 aliphatic carbocycles. The van der Waals surface area contributed by atoms with Crippen LogP contribution in [-0.4, -0.2) is 25.1 Å². The predicted molar refractivity (Wildman–Crippen MR) is 69.7 cm³/mol. The van der Waals surface area contributed by atoms with Crippen LogP contribution >= 0.6 is 0 Å².